The Morgan fingerprint density at radius 3 is 2.39 bits per heavy atom. The number of nitrogens with zero attached hydrogens (tertiary/aromatic N) is 1. The topological polar surface area (TPSA) is 55.8 Å². The lowest BCUT2D eigenvalue weighted by Gasteiger charge is -2.48. The highest BCUT2D eigenvalue weighted by molar-refractivity contribution is 7.98. The molecule has 38 heavy (non-hydrogen) atoms. The Kier molecular flexibility index (Phi) is 10.1. The maximum Gasteiger partial charge on any atom is 0.308 e. The number of thioether (sulfide) groups is 1. The summed E-state index contributed by atoms with van der Waals surface area (Å²) in [6, 6.07) is 24.7. The molecule has 0 N–H and O–H groups in total. The molecule has 1 amide bonds. The third-order valence-electron chi connectivity index (χ3n) is 6.68. The van der Waals surface area contributed by atoms with E-state index in [1.807, 2.05) is 65.6 Å². The highest BCUT2D eigenvalue weighted by Crippen LogP contribution is 2.45. The van der Waals surface area contributed by atoms with Crippen LogP contribution in [-0.4, -0.2) is 41.8 Å². The van der Waals surface area contributed by atoms with Gasteiger partial charge in [-0.3, -0.25) is 9.59 Å². The van der Waals surface area contributed by atoms with Crippen LogP contribution in [0.5, 0.6) is 0 Å². The molecule has 0 aromatic heterocycles. The van der Waals surface area contributed by atoms with Gasteiger partial charge in [0.1, 0.15) is 12.2 Å². The van der Waals surface area contributed by atoms with Gasteiger partial charge < -0.3 is 14.4 Å². The van der Waals surface area contributed by atoms with E-state index in [4.69, 9.17) is 32.7 Å². The molecule has 1 saturated heterocycles. The number of rotatable bonds is 10. The minimum absolute atomic E-state index is 0.0948. The lowest BCUT2D eigenvalue weighted by atomic mass is 9.89. The molecule has 3 aromatic carbocycles. The molecule has 8 heteroatoms. The van der Waals surface area contributed by atoms with Crippen LogP contribution in [0.1, 0.15) is 48.6 Å². The molecule has 3 aromatic rings. The van der Waals surface area contributed by atoms with Crippen molar-refractivity contribution in [2.45, 2.75) is 49.8 Å². The number of morpholine rings is 1. The van der Waals surface area contributed by atoms with Crippen molar-refractivity contribution in [2.24, 2.45) is 0 Å². The van der Waals surface area contributed by atoms with Gasteiger partial charge in [0.15, 0.2) is 0 Å². The smallest absolute Gasteiger partial charge is 0.308 e. The number of esters is 1. The zero-order valence-corrected chi connectivity index (χ0v) is 23.7. The molecular weight excluding hydrogens is 541 g/mol. The molecule has 0 saturated carbocycles. The van der Waals surface area contributed by atoms with Crippen LogP contribution in [0.25, 0.3) is 0 Å². The molecule has 0 bridgehead atoms. The van der Waals surface area contributed by atoms with Gasteiger partial charge in [-0.1, -0.05) is 84.7 Å². The first-order valence-electron chi connectivity index (χ1n) is 12.6. The maximum absolute atomic E-state index is 14.0. The van der Waals surface area contributed by atoms with Gasteiger partial charge in [-0.15, -0.1) is 0 Å². The van der Waals surface area contributed by atoms with Crippen molar-refractivity contribution in [1.82, 2.24) is 4.90 Å². The largest absolute Gasteiger partial charge is 0.469 e. The molecular formula is C30H31Cl2NO4S. The number of amides is 1. The Morgan fingerprint density at radius 2 is 1.74 bits per heavy atom. The number of carbonyl (C=O) groups is 2. The Balaban J connectivity index is 1.73. The highest BCUT2D eigenvalue weighted by atomic mass is 35.5. The van der Waals surface area contributed by atoms with Gasteiger partial charge in [0.05, 0.1) is 19.6 Å². The predicted octanol–water partition coefficient (Wildman–Crippen LogP) is 7.28. The summed E-state index contributed by atoms with van der Waals surface area (Å²) in [6.45, 7) is 2.08. The molecule has 1 fully saturated rings. The van der Waals surface area contributed by atoms with Crippen molar-refractivity contribution in [3.63, 3.8) is 0 Å². The first kappa shape index (κ1) is 28.5. The van der Waals surface area contributed by atoms with Crippen LogP contribution in [0.4, 0.5) is 0 Å². The fourth-order valence-electron chi connectivity index (χ4n) is 4.76. The van der Waals surface area contributed by atoms with Gasteiger partial charge in [-0.25, -0.2) is 0 Å². The lowest BCUT2D eigenvalue weighted by molar-refractivity contribution is -0.183. The summed E-state index contributed by atoms with van der Waals surface area (Å²) >= 11 is 14.4. The van der Waals surface area contributed by atoms with Crippen LogP contribution < -0.4 is 0 Å². The van der Waals surface area contributed by atoms with E-state index >= 15 is 0 Å². The molecule has 1 heterocycles. The second kappa shape index (κ2) is 13.5. The van der Waals surface area contributed by atoms with Gasteiger partial charge in [0.25, 0.3) is 5.91 Å². The number of halogens is 2. The van der Waals surface area contributed by atoms with E-state index in [-0.39, 0.29) is 18.4 Å². The number of ether oxygens (including phenoxy) is 2. The van der Waals surface area contributed by atoms with E-state index < -0.39 is 24.2 Å². The van der Waals surface area contributed by atoms with E-state index in [1.165, 1.54) is 12.7 Å². The Hall–Kier alpha value is -2.51. The fourth-order valence-corrected chi connectivity index (χ4v) is 6.30. The van der Waals surface area contributed by atoms with Gasteiger partial charge in [-0.05, 0) is 47.4 Å². The van der Waals surface area contributed by atoms with Crippen LogP contribution >= 0.6 is 35.0 Å². The Morgan fingerprint density at radius 1 is 1.00 bits per heavy atom. The van der Waals surface area contributed by atoms with E-state index in [0.29, 0.717) is 10.0 Å². The summed E-state index contributed by atoms with van der Waals surface area (Å²) in [4.78, 5) is 28.2. The predicted molar refractivity (Wildman–Crippen MR) is 153 cm³/mol. The third-order valence-corrected chi connectivity index (χ3v) is 8.33. The molecule has 5 nitrogen and oxygen atoms in total. The third kappa shape index (κ3) is 6.92. The monoisotopic (exact) mass is 571 g/mol. The quantitative estimate of drug-likeness (QED) is 0.239. The van der Waals surface area contributed by atoms with E-state index in [2.05, 4.69) is 19.1 Å². The van der Waals surface area contributed by atoms with Gasteiger partial charge in [-0.2, -0.15) is 11.8 Å². The number of carbonyl (C=O) groups excluding carboxylic acids is 2. The highest BCUT2D eigenvalue weighted by Gasteiger charge is 2.47. The van der Waals surface area contributed by atoms with Gasteiger partial charge >= 0.3 is 5.97 Å². The second-order valence-corrected chi connectivity index (χ2v) is 11.1. The van der Waals surface area contributed by atoms with Crippen LogP contribution in [0, 0.1) is 0 Å². The van der Waals surface area contributed by atoms with Gasteiger partial charge in [0, 0.05) is 27.6 Å². The van der Waals surface area contributed by atoms with Crippen molar-refractivity contribution in [3.8, 4) is 0 Å². The molecule has 0 aliphatic carbocycles. The van der Waals surface area contributed by atoms with Gasteiger partial charge in [0.2, 0.25) is 0 Å². The lowest BCUT2D eigenvalue weighted by Crippen LogP contribution is -2.55. The molecule has 0 spiro atoms. The number of benzene rings is 3. The van der Waals surface area contributed by atoms with Crippen molar-refractivity contribution in [2.75, 3.05) is 12.9 Å². The zero-order chi connectivity index (χ0) is 27.1. The van der Waals surface area contributed by atoms with Crippen molar-refractivity contribution >= 4 is 46.8 Å². The molecule has 0 radical (unpaired) electrons. The van der Waals surface area contributed by atoms with Crippen molar-refractivity contribution < 1.29 is 19.1 Å². The first-order chi connectivity index (χ1) is 18.4. The minimum Gasteiger partial charge on any atom is -0.469 e. The maximum atomic E-state index is 14.0. The van der Waals surface area contributed by atoms with Crippen LogP contribution in [-0.2, 0) is 24.8 Å². The summed E-state index contributed by atoms with van der Waals surface area (Å²) in [5.74, 6) is 0.851. The molecule has 0 unspecified atom stereocenters. The van der Waals surface area contributed by atoms with Crippen LogP contribution in [0.2, 0.25) is 10.0 Å². The summed E-state index contributed by atoms with van der Waals surface area (Å²) < 4.78 is 11.3. The Labute approximate surface area is 238 Å². The van der Waals surface area contributed by atoms with Crippen LogP contribution in [0.3, 0.4) is 0 Å². The summed E-state index contributed by atoms with van der Waals surface area (Å²) in [6.07, 6.45) is -0.937. The number of hydrogen-bond donors (Lipinski definition) is 0. The molecule has 1 aliphatic rings. The summed E-state index contributed by atoms with van der Waals surface area (Å²) in [5.41, 5.74) is 2.96. The molecule has 200 valence electrons. The van der Waals surface area contributed by atoms with Crippen molar-refractivity contribution in [1.29, 1.82) is 0 Å². The van der Waals surface area contributed by atoms with E-state index in [0.717, 1.165) is 29.1 Å². The molecule has 4 rings (SSSR count). The molecule has 1 aliphatic heterocycles. The molecule has 4 atom stereocenters. The summed E-state index contributed by atoms with van der Waals surface area (Å²) in [7, 11) is 1.31. The normalized spacial score (nSPS) is 20.3. The standard InChI is InChI=1S/C30H31Cl2NO4S/c1-3-25(19-38-18-20-8-5-4-6-9-20)33-28(21-12-14-23(31)15-13-21)29(22-10-7-11-24(32)16-22)37-26(30(33)35)17-27(34)36-2/h4-16,25-26,28-29H,3,17-19H2,1-2H3/t25-,26+,28+,29+/m0/s1. The Bertz CT molecular complexity index is 1220. The van der Waals surface area contributed by atoms with Crippen molar-refractivity contribution in [3.05, 3.63) is 106 Å². The fraction of sp³-hybridized carbons (Fsp3) is 0.333. The summed E-state index contributed by atoms with van der Waals surface area (Å²) in [5, 5.41) is 1.18. The van der Waals surface area contributed by atoms with E-state index in [9.17, 15) is 9.59 Å². The van der Waals surface area contributed by atoms with E-state index in [1.54, 1.807) is 17.8 Å². The van der Waals surface area contributed by atoms with Crippen LogP contribution in [0.15, 0.2) is 78.9 Å². The average Bonchev–Trinajstić information content (AvgIpc) is 2.93. The zero-order valence-electron chi connectivity index (χ0n) is 21.4. The number of hydrogen-bond acceptors (Lipinski definition) is 5. The number of methoxy groups -OCH3 is 1. The second-order valence-electron chi connectivity index (χ2n) is 9.19. The first-order valence-corrected chi connectivity index (χ1v) is 14.5. The SMILES string of the molecule is CC[C@@H](CSCc1ccccc1)N1C(=O)[C@@H](CC(=O)OC)O[C@H](c2cccc(Cl)c2)[C@H]1c1ccc(Cl)cc1. The minimum atomic E-state index is -0.969. The average molecular weight is 573 g/mol.